The summed E-state index contributed by atoms with van der Waals surface area (Å²) in [5.41, 5.74) is 0.475. The zero-order valence-corrected chi connectivity index (χ0v) is 13.0. The average molecular weight is 346 g/mol. The number of rotatable bonds is 5. The lowest BCUT2D eigenvalue weighted by molar-refractivity contribution is 0.0953. The van der Waals surface area contributed by atoms with Gasteiger partial charge in [-0.1, -0.05) is 15.9 Å². The summed E-state index contributed by atoms with van der Waals surface area (Å²) in [6.07, 6.45) is 3.58. The highest BCUT2D eigenvalue weighted by atomic mass is 79.9. The molecule has 0 heterocycles. The molecule has 1 aliphatic carbocycles. The van der Waals surface area contributed by atoms with E-state index in [2.05, 4.69) is 21.2 Å². The lowest BCUT2D eigenvalue weighted by Crippen LogP contribution is -2.30. The highest BCUT2D eigenvalue weighted by molar-refractivity contribution is 9.09. The van der Waals surface area contributed by atoms with Crippen molar-refractivity contribution in [1.82, 2.24) is 5.32 Å². The Labute approximate surface area is 121 Å². The number of amides is 1. The van der Waals surface area contributed by atoms with Gasteiger partial charge in [0.1, 0.15) is 0 Å². The summed E-state index contributed by atoms with van der Waals surface area (Å²) in [4.78, 5) is 12.4. The molecule has 0 saturated heterocycles. The molecule has 6 heteroatoms. The molecule has 1 atom stereocenters. The Morgan fingerprint density at radius 2 is 1.95 bits per heavy atom. The molecule has 2 rings (SSSR count). The first kappa shape index (κ1) is 14.5. The Bertz CT molecular complexity index is 564. The molecule has 1 aliphatic rings. The quantitative estimate of drug-likeness (QED) is 0.830. The van der Waals surface area contributed by atoms with Crippen molar-refractivity contribution < 1.29 is 13.2 Å². The van der Waals surface area contributed by atoms with E-state index in [1.54, 1.807) is 0 Å². The van der Waals surface area contributed by atoms with Crippen LogP contribution >= 0.6 is 15.9 Å². The fourth-order valence-electron chi connectivity index (χ4n) is 1.77. The number of hydrogen-bond acceptors (Lipinski definition) is 3. The van der Waals surface area contributed by atoms with Gasteiger partial charge in [-0.3, -0.25) is 4.79 Å². The number of sulfone groups is 1. The molecule has 0 radical (unpaired) electrons. The molecule has 1 fully saturated rings. The van der Waals surface area contributed by atoms with Crippen LogP contribution in [0.25, 0.3) is 0 Å². The maximum absolute atomic E-state index is 11.9. The maximum Gasteiger partial charge on any atom is 0.251 e. The Morgan fingerprint density at radius 1 is 1.37 bits per heavy atom. The molecule has 1 amide bonds. The van der Waals surface area contributed by atoms with Crippen LogP contribution in [0.5, 0.6) is 0 Å². The summed E-state index contributed by atoms with van der Waals surface area (Å²) in [6.45, 7) is 0.595. The van der Waals surface area contributed by atoms with Crippen LogP contribution in [-0.4, -0.2) is 32.0 Å². The maximum atomic E-state index is 11.9. The van der Waals surface area contributed by atoms with E-state index in [1.165, 1.54) is 37.1 Å². The zero-order valence-electron chi connectivity index (χ0n) is 10.6. The van der Waals surface area contributed by atoms with E-state index in [4.69, 9.17) is 0 Å². The molecule has 1 N–H and O–H groups in total. The third-order valence-electron chi connectivity index (χ3n) is 3.14. The molecule has 1 saturated carbocycles. The van der Waals surface area contributed by atoms with E-state index >= 15 is 0 Å². The minimum absolute atomic E-state index is 0.176. The van der Waals surface area contributed by atoms with E-state index in [-0.39, 0.29) is 10.8 Å². The van der Waals surface area contributed by atoms with E-state index in [0.717, 1.165) is 6.26 Å². The second-order valence-corrected chi connectivity index (χ2v) is 8.05. The Balaban J connectivity index is 1.95. The topological polar surface area (TPSA) is 63.2 Å². The Morgan fingerprint density at radius 3 is 2.42 bits per heavy atom. The summed E-state index contributed by atoms with van der Waals surface area (Å²) >= 11 is 3.55. The largest absolute Gasteiger partial charge is 0.351 e. The van der Waals surface area contributed by atoms with Gasteiger partial charge in [0.2, 0.25) is 0 Å². The first-order valence-corrected chi connectivity index (χ1v) is 8.91. The molecule has 19 heavy (non-hydrogen) atoms. The number of benzene rings is 1. The number of nitrogens with one attached hydrogen (secondary N) is 1. The summed E-state index contributed by atoms with van der Waals surface area (Å²) in [5, 5.41) is 2.84. The first-order valence-electron chi connectivity index (χ1n) is 6.10. The molecule has 1 aromatic rings. The average Bonchev–Trinajstić information content (AvgIpc) is 3.19. The minimum Gasteiger partial charge on any atom is -0.351 e. The van der Waals surface area contributed by atoms with E-state index in [1.807, 2.05) is 0 Å². The minimum atomic E-state index is -3.21. The number of carbonyl (C=O) groups is 1. The van der Waals surface area contributed by atoms with Gasteiger partial charge in [-0.2, -0.15) is 0 Å². The van der Waals surface area contributed by atoms with Crippen molar-refractivity contribution in [1.29, 1.82) is 0 Å². The zero-order chi connectivity index (χ0) is 14.0. The molecule has 0 spiro atoms. The lowest BCUT2D eigenvalue weighted by atomic mass is 10.2. The third kappa shape index (κ3) is 4.04. The van der Waals surface area contributed by atoms with Crippen LogP contribution in [0.4, 0.5) is 0 Å². The summed E-state index contributed by atoms with van der Waals surface area (Å²) in [5.74, 6) is 0.498. The molecule has 0 aliphatic heterocycles. The third-order valence-corrected chi connectivity index (χ3v) is 5.34. The van der Waals surface area contributed by atoms with Crippen molar-refractivity contribution in [3.63, 3.8) is 0 Å². The van der Waals surface area contributed by atoms with Gasteiger partial charge >= 0.3 is 0 Å². The SMILES string of the molecule is CS(=O)(=O)c1ccc(C(=O)NCC(Br)C2CC2)cc1. The second-order valence-electron chi connectivity index (χ2n) is 4.86. The fourth-order valence-corrected chi connectivity index (χ4v) is 3.09. The second kappa shape index (κ2) is 5.63. The van der Waals surface area contributed by atoms with Gasteiger partial charge in [-0.15, -0.1) is 0 Å². The monoisotopic (exact) mass is 345 g/mol. The van der Waals surface area contributed by atoms with Crippen molar-refractivity contribution in [2.24, 2.45) is 5.92 Å². The fraction of sp³-hybridized carbons (Fsp3) is 0.462. The number of alkyl halides is 1. The highest BCUT2D eigenvalue weighted by Gasteiger charge is 2.29. The molecular weight excluding hydrogens is 330 g/mol. The van der Waals surface area contributed by atoms with Crippen LogP contribution in [0.1, 0.15) is 23.2 Å². The number of hydrogen-bond donors (Lipinski definition) is 1. The Kier molecular flexibility index (Phi) is 4.30. The van der Waals surface area contributed by atoms with Crippen molar-refractivity contribution in [3.05, 3.63) is 29.8 Å². The van der Waals surface area contributed by atoms with Gasteiger partial charge in [0.05, 0.1) is 4.90 Å². The standard InChI is InChI=1S/C13H16BrNO3S/c1-19(17,18)11-6-4-10(5-7-11)13(16)15-8-12(14)9-2-3-9/h4-7,9,12H,2-3,8H2,1H3,(H,15,16). The summed E-state index contributed by atoms with van der Waals surface area (Å²) < 4.78 is 22.6. The lowest BCUT2D eigenvalue weighted by Gasteiger charge is -2.10. The van der Waals surface area contributed by atoms with Gasteiger partial charge in [0.15, 0.2) is 9.84 Å². The van der Waals surface area contributed by atoms with E-state index < -0.39 is 9.84 Å². The first-order chi connectivity index (χ1) is 8.88. The van der Waals surface area contributed by atoms with Gasteiger partial charge in [-0.05, 0) is 43.0 Å². The predicted octanol–water partition coefficient (Wildman–Crippen LogP) is 1.99. The molecule has 4 nitrogen and oxygen atoms in total. The molecular formula is C13H16BrNO3S. The number of halogens is 1. The van der Waals surface area contributed by atoms with Crippen LogP contribution in [0.2, 0.25) is 0 Å². The van der Waals surface area contributed by atoms with Crippen LogP contribution in [0, 0.1) is 5.92 Å². The van der Waals surface area contributed by atoms with Crippen LogP contribution in [0.3, 0.4) is 0 Å². The molecule has 0 bridgehead atoms. The van der Waals surface area contributed by atoms with Crippen molar-refractivity contribution in [3.8, 4) is 0 Å². The van der Waals surface area contributed by atoms with Gasteiger partial charge in [0.25, 0.3) is 5.91 Å². The molecule has 0 aromatic heterocycles. The molecule has 1 aromatic carbocycles. The Hall–Kier alpha value is -0.880. The smallest absolute Gasteiger partial charge is 0.251 e. The van der Waals surface area contributed by atoms with Crippen LogP contribution in [0.15, 0.2) is 29.2 Å². The van der Waals surface area contributed by atoms with Crippen LogP contribution in [-0.2, 0) is 9.84 Å². The summed E-state index contributed by atoms with van der Waals surface area (Å²) in [7, 11) is -3.21. The van der Waals surface area contributed by atoms with E-state index in [9.17, 15) is 13.2 Å². The molecule has 104 valence electrons. The van der Waals surface area contributed by atoms with Crippen molar-refractivity contribution in [2.45, 2.75) is 22.6 Å². The van der Waals surface area contributed by atoms with Crippen LogP contribution < -0.4 is 5.32 Å². The van der Waals surface area contributed by atoms with Gasteiger partial charge in [-0.25, -0.2) is 8.42 Å². The summed E-state index contributed by atoms with van der Waals surface area (Å²) in [6, 6.07) is 5.98. The molecule has 1 unspecified atom stereocenters. The normalized spacial score (nSPS) is 16.9. The van der Waals surface area contributed by atoms with E-state index in [0.29, 0.717) is 22.9 Å². The van der Waals surface area contributed by atoms with Gasteiger partial charge < -0.3 is 5.32 Å². The van der Waals surface area contributed by atoms with Gasteiger partial charge in [0, 0.05) is 23.2 Å². The van der Waals surface area contributed by atoms with Crippen molar-refractivity contribution >= 4 is 31.7 Å². The predicted molar refractivity (Wildman–Crippen MR) is 77.3 cm³/mol. The van der Waals surface area contributed by atoms with Crippen molar-refractivity contribution in [2.75, 3.05) is 12.8 Å². The number of carbonyl (C=O) groups excluding carboxylic acids is 1. The highest BCUT2D eigenvalue weighted by Crippen LogP contribution is 2.36.